The van der Waals surface area contributed by atoms with E-state index in [2.05, 4.69) is 27.4 Å². The van der Waals surface area contributed by atoms with E-state index in [9.17, 15) is 14.7 Å². The van der Waals surface area contributed by atoms with Gasteiger partial charge in [0.1, 0.15) is 6.33 Å². The van der Waals surface area contributed by atoms with Crippen LogP contribution in [0.4, 0.5) is 0 Å². The Hall–Kier alpha value is -4.03. The van der Waals surface area contributed by atoms with Gasteiger partial charge >= 0.3 is 5.97 Å². The normalized spacial score (nSPS) is 19.9. The zero-order valence-electron chi connectivity index (χ0n) is 24.4. The largest absolute Gasteiger partial charge is 0.481 e. The number of nitrogens with zero attached hydrogens (tertiary/aromatic N) is 2. The summed E-state index contributed by atoms with van der Waals surface area (Å²) in [5.41, 5.74) is 5.69. The van der Waals surface area contributed by atoms with Crippen molar-refractivity contribution >= 4 is 23.6 Å². The summed E-state index contributed by atoms with van der Waals surface area (Å²) in [6.07, 6.45) is 0.995. The number of hydrogen-bond donors (Lipinski definition) is 4. The lowest BCUT2D eigenvalue weighted by Gasteiger charge is -2.41. The van der Waals surface area contributed by atoms with Gasteiger partial charge in [-0.15, -0.1) is 0 Å². The first-order chi connectivity index (χ1) is 21.4. The fraction of sp³-hybridized carbons (Fsp3) is 0.333. The molecule has 2 heterocycles. The molecule has 0 unspecified atom stereocenters. The van der Waals surface area contributed by atoms with Crippen LogP contribution in [0.3, 0.4) is 0 Å². The van der Waals surface area contributed by atoms with Crippen molar-refractivity contribution in [1.29, 1.82) is 0 Å². The number of carbonyl (C=O) groups excluding carboxylic acids is 1. The van der Waals surface area contributed by atoms with Gasteiger partial charge in [-0.2, -0.15) is 5.10 Å². The molecule has 0 bridgehead atoms. The van der Waals surface area contributed by atoms with E-state index < -0.39 is 12.3 Å². The number of rotatable bonds is 13. The first-order valence-electron chi connectivity index (χ1n) is 14.6. The fourth-order valence-corrected chi connectivity index (χ4v) is 6.14. The highest BCUT2D eigenvalue weighted by molar-refractivity contribution is 7.99. The summed E-state index contributed by atoms with van der Waals surface area (Å²) in [5, 5.41) is 28.8. The zero-order valence-corrected chi connectivity index (χ0v) is 25.2. The lowest BCUT2D eigenvalue weighted by atomic mass is 9.91. The third-order valence-corrected chi connectivity index (χ3v) is 8.65. The van der Waals surface area contributed by atoms with E-state index in [-0.39, 0.29) is 43.5 Å². The van der Waals surface area contributed by atoms with Crippen molar-refractivity contribution in [2.75, 3.05) is 5.75 Å². The molecule has 5 rings (SSSR count). The minimum absolute atomic E-state index is 0.0157. The molecular weight excluding hydrogens is 580 g/mol. The molecule has 1 amide bonds. The molecule has 230 valence electrons. The maximum absolute atomic E-state index is 12.2. The number of aliphatic hydroxyl groups excluding tert-OH is 1. The molecule has 4 atom stereocenters. The molecule has 1 aromatic heterocycles. The van der Waals surface area contributed by atoms with Crippen LogP contribution in [0.1, 0.15) is 60.8 Å². The Morgan fingerprint density at radius 1 is 0.977 bits per heavy atom. The second kappa shape index (κ2) is 15.1. The summed E-state index contributed by atoms with van der Waals surface area (Å²) in [5.74, 6) is -0.367. The summed E-state index contributed by atoms with van der Waals surface area (Å²) in [6, 6.07) is 23.8. The third kappa shape index (κ3) is 8.11. The minimum Gasteiger partial charge on any atom is -0.481 e. The molecule has 11 heteroatoms. The molecule has 3 aromatic carbocycles. The van der Waals surface area contributed by atoms with Crippen LogP contribution in [-0.2, 0) is 32.2 Å². The van der Waals surface area contributed by atoms with E-state index in [0.29, 0.717) is 18.7 Å². The molecule has 4 N–H and O–H groups in total. The number of carbonyl (C=O) groups is 2. The summed E-state index contributed by atoms with van der Waals surface area (Å²) in [4.78, 5) is 27.2. The van der Waals surface area contributed by atoms with Crippen LogP contribution in [0.15, 0.2) is 84.3 Å². The number of aliphatic carboxylic acids is 1. The zero-order chi connectivity index (χ0) is 30.9. The second-order valence-electron chi connectivity index (χ2n) is 10.7. The van der Waals surface area contributed by atoms with Crippen LogP contribution < -0.4 is 5.32 Å². The predicted molar refractivity (Wildman–Crippen MR) is 165 cm³/mol. The summed E-state index contributed by atoms with van der Waals surface area (Å²) >= 11 is 1.55. The average Bonchev–Trinajstić information content (AvgIpc) is 3.57. The number of ether oxygens (including phenoxy) is 2. The van der Waals surface area contributed by atoms with Crippen molar-refractivity contribution < 1.29 is 29.3 Å². The maximum atomic E-state index is 12.2. The number of aromatic nitrogens is 3. The molecule has 10 nitrogen and oxygen atoms in total. The van der Waals surface area contributed by atoms with Crippen molar-refractivity contribution in [3.05, 3.63) is 101 Å². The van der Waals surface area contributed by atoms with Crippen molar-refractivity contribution in [3.63, 3.8) is 0 Å². The molecule has 1 aliphatic heterocycles. The van der Waals surface area contributed by atoms with E-state index in [1.165, 1.54) is 6.33 Å². The van der Waals surface area contributed by atoms with E-state index in [1.54, 1.807) is 11.8 Å². The average molecular weight is 617 g/mol. The van der Waals surface area contributed by atoms with Crippen molar-refractivity contribution in [3.8, 4) is 11.1 Å². The lowest BCUT2D eigenvalue weighted by molar-refractivity contribution is -0.268. The molecule has 1 aliphatic rings. The highest BCUT2D eigenvalue weighted by Gasteiger charge is 2.38. The Bertz CT molecular complexity index is 1510. The number of amides is 1. The van der Waals surface area contributed by atoms with Crippen LogP contribution in [-0.4, -0.2) is 49.1 Å². The van der Waals surface area contributed by atoms with Gasteiger partial charge in [-0.1, -0.05) is 91.5 Å². The molecule has 0 spiro atoms. The smallest absolute Gasteiger partial charge is 0.303 e. The van der Waals surface area contributed by atoms with Crippen LogP contribution >= 0.6 is 11.8 Å². The van der Waals surface area contributed by atoms with Gasteiger partial charge in [-0.3, -0.25) is 14.7 Å². The minimum atomic E-state index is -0.904. The molecule has 0 saturated carbocycles. The highest BCUT2D eigenvalue weighted by atomic mass is 32.2. The number of benzene rings is 3. The maximum Gasteiger partial charge on any atom is 0.303 e. The van der Waals surface area contributed by atoms with Gasteiger partial charge in [0.2, 0.25) is 5.91 Å². The van der Waals surface area contributed by atoms with Crippen LogP contribution in [0.5, 0.6) is 0 Å². The molecule has 44 heavy (non-hydrogen) atoms. The van der Waals surface area contributed by atoms with Crippen LogP contribution in [0.25, 0.3) is 11.1 Å². The van der Waals surface area contributed by atoms with Gasteiger partial charge in [0, 0.05) is 36.6 Å². The number of nitrogens with one attached hydrogen (secondary N) is 2. The number of hydrogen-bond acceptors (Lipinski definition) is 8. The topological polar surface area (TPSA) is 147 Å². The predicted octanol–water partition coefficient (Wildman–Crippen LogP) is 5.42. The Labute approximate surface area is 260 Å². The number of aromatic amines is 1. The number of carboxylic acid groups (broad SMARTS) is 1. The van der Waals surface area contributed by atoms with E-state index >= 15 is 0 Å². The van der Waals surface area contributed by atoms with E-state index in [1.807, 2.05) is 72.8 Å². The number of carboxylic acids is 1. The molecule has 0 radical (unpaired) electrons. The summed E-state index contributed by atoms with van der Waals surface area (Å²) in [6.45, 7) is 2.45. The van der Waals surface area contributed by atoms with Crippen molar-refractivity contribution in [1.82, 2.24) is 20.5 Å². The Kier molecular flexibility index (Phi) is 10.8. The lowest BCUT2D eigenvalue weighted by Crippen LogP contribution is -2.38. The third-order valence-electron chi connectivity index (χ3n) is 7.68. The number of aliphatic hydroxyl groups is 1. The van der Waals surface area contributed by atoms with Gasteiger partial charge in [-0.05, 0) is 34.2 Å². The Morgan fingerprint density at radius 2 is 1.73 bits per heavy atom. The SMILES string of the molecule is C[C@H]1[C@@H](CSc2ncn[nH]2)O[C@@H](c2ccc(-c3ccccc3CNC(=O)CCCC(=O)O)cc2)O[C@H]1c1ccc(CO)cc1. The van der Waals surface area contributed by atoms with Gasteiger partial charge in [-0.25, -0.2) is 4.98 Å². The number of H-pyrrole nitrogens is 1. The first kappa shape index (κ1) is 31.4. The Balaban J connectivity index is 1.31. The van der Waals surface area contributed by atoms with Gasteiger partial charge in [0.25, 0.3) is 0 Å². The monoisotopic (exact) mass is 616 g/mol. The molecule has 1 saturated heterocycles. The highest BCUT2D eigenvalue weighted by Crippen LogP contribution is 2.43. The van der Waals surface area contributed by atoms with Crippen molar-refractivity contribution in [2.45, 2.75) is 63.0 Å². The second-order valence-corrected chi connectivity index (χ2v) is 11.7. The van der Waals surface area contributed by atoms with Gasteiger partial charge < -0.3 is 25.0 Å². The Morgan fingerprint density at radius 3 is 2.43 bits per heavy atom. The van der Waals surface area contributed by atoms with Crippen LogP contribution in [0.2, 0.25) is 0 Å². The van der Waals surface area contributed by atoms with Gasteiger partial charge in [0.05, 0.1) is 18.8 Å². The molecule has 4 aromatic rings. The van der Waals surface area contributed by atoms with E-state index in [0.717, 1.165) is 38.5 Å². The van der Waals surface area contributed by atoms with Gasteiger partial charge in [0.15, 0.2) is 11.4 Å². The first-order valence-corrected chi connectivity index (χ1v) is 15.6. The molecule has 0 aliphatic carbocycles. The summed E-state index contributed by atoms with van der Waals surface area (Å²) < 4.78 is 13.1. The quantitative estimate of drug-likeness (QED) is 0.145. The summed E-state index contributed by atoms with van der Waals surface area (Å²) in [7, 11) is 0. The van der Waals surface area contributed by atoms with Crippen molar-refractivity contribution in [2.24, 2.45) is 5.92 Å². The standard InChI is InChI=1S/C33H36N4O6S/c1-21-28(19-44-33-35-20-36-37-33)42-32(43-31(21)24-11-9-22(18-38)10-12-24)25-15-13-23(14-16-25)27-6-3-2-5-26(27)17-34-29(39)7-4-8-30(40)41/h2-3,5-6,9-16,20-21,28,31-32,38H,4,7-8,17-19H2,1H3,(H,34,39)(H,40,41)(H,35,36,37)/t21-,28+,31+,32+/m0/s1. The van der Waals surface area contributed by atoms with E-state index in [4.69, 9.17) is 14.6 Å². The number of thioether (sulfide) groups is 1. The fourth-order valence-electron chi connectivity index (χ4n) is 5.19. The van der Waals surface area contributed by atoms with Crippen LogP contribution in [0, 0.1) is 5.92 Å². The molecule has 1 fully saturated rings. The molecular formula is C33H36N4O6S.